The predicted molar refractivity (Wildman–Crippen MR) is 68.3 cm³/mol. The molecule has 0 aromatic heterocycles. The summed E-state index contributed by atoms with van der Waals surface area (Å²) >= 11 is 5.79. The van der Waals surface area contributed by atoms with Crippen molar-refractivity contribution in [2.45, 2.75) is 13.1 Å². The summed E-state index contributed by atoms with van der Waals surface area (Å²) in [4.78, 5) is 13.0. The number of hydrogen-bond donors (Lipinski definition) is 1. The Morgan fingerprint density at radius 3 is 2.58 bits per heavy atom. The lowest BCUT2D eigenvalue weighted by Gasteiger charge is -2.16. The molecule has 0 atom stereocenters. The summed E-state index contributed by atoms with van der Waals surface area (Å²) in [5, 5.41) is 2.76. The Balaban J connectivity index is 2.81. The van der Waals surface area contributed by atoms with Crippen LogP contribution >= 0.6 is 11.6 Å². The average molecular weight is 295 g/mol. The van der Waals surface area contributed by atoms with Gasteiger partial charge in [-0.3, -0.25) is 4.79 Å². The standard InChI is InChI=1S/C12H14ClF3N2O/c1-3-18(2)11(19)7-17-10-6-8(12(14,15)16)4-5-9(10)13/h4-6,17H,3,7H2,1-2H3. The monoisotopic (exact) mass is 294 g/mol. The lowest BCUT2D eigenvalue weighted by molar-refractivity contribution is -0.137. The molecule has 0 spiro atoms. The van der Waals surface area contributed by atoms with E-state index < -0.39 is 11.7 Å². The van der Waals surface area contributed by atoms with Gasteiger partial charge in [0.15, 0.2) is 0 Å². The molecule has 19 heavy (non-hydrogen) atoms. The fourth-order valence-corrected chi connectivity index (χ4v) is 1.50. The van der Waals surface area contributed by atoms with Gasteiger partial charge in [0.2, 0.25) is 5.91 Å². The number of alkyl halides is 3. The maximum absolute atomic E-state index is 12.5. The Hall–Kier alpha value is -1.43. The summed E-state index contributed by atoms with van der Waals surface area (Å²) < 4.78 is 37.6. The first-order valence-corrected chi connectivity index (χ1v) is 5.98. The molecule has 106 valence electrons. The minimum atomic E-state index is -4.44. The second-order valence-electron chi connectivity index (χ2n) is 3.95. The Morgan fingerprint density at radius 1 is 1.42 bits per heavy atom. The molecule has 1 amide bonds. The normalized spacial score (nSPS) is 11.3. The second kappa shape index (κ2) is 6.14. The van der Waals surface area contributed by atoms with E-state index in [-0.39, 0.29) is 23.2 Å². The lowest BCUT2D eigenvalue weighted by atomic mass is 10.2. The molecule has 0 aliphatic heterocycles. The number of carbonyl (C=O) groups is 1. The first kappa shape index (κ1) is 15.6. The molecule has 0 unspecified atom stereocenters. The van der Waals surface area contributed by atoms with Gasteiger partial charge in [0.1, 0.15) is 0 Å². The van der Waals surface area contributed by atoms with E-state index in [2.05, 4.69) is 5.32 Å². The Bertz CT molecular complexity index is 463. The van der Waals surface area contributed by atoms with Crippen LogP contribution < -0.4 is 5.32 Å². The molecule has 0 saturated heterocycles. The third kappa shape index (κ3) is 4.31. The van der Waals surface area contributed by atoms with Crippen LogP contribution in [0.1, 0.15) is 12.5 Å². The zero-order valence-corrected chi connectivity index (χ0v) is 11.3. The van der Waals surface area contributed by atoms with Crippen LogP contribution in [0.25, 0.3) is 0 Å². The number of amides is 1. The van der Waals surface area contributed by atoms with Crippen LogP contribution in [0, 0.1) is 0 Å². The van der Waals surface area contributed by atoms with E-state index in [1.807, 2.05) is 0 Å². The Morgan fingerprint density at radius 2 is 2.05 bits per heavy atom. The van der Waals surface area contributed by atoms with Gasteiger partial charge in [-0.1, -0.05) is 11.6 Å². The Kier molecular flexibility index (Phi) is 5.05. The second-order valence-corrected chi connectivity index (χ2v) is 4.36. The van der Waals surface area contributed by atoms with E-state index in [4.69, 9.17) is 11.6 Å². The van der Waals surface area contributed by atoms with E-state index in [1.54, 1.807) is 14.0 Å². The van der Waals surface area contributed by atoms with Gasteiger partial charge in [0, 0.05) is 13.6 Å². The molecular formula is C12H14ClF3N2O. The number of nitrogens with zero attached hydrogens (tertiary/aromatic N) is 1. The van der Waals surface area contributed by atoms with Gasteiger partial charge < -0.3 is 10.2 Å². The Labute approximate surface area is 114 Å². The van der Waals surface area contributed by atoms with Crippen LogP contribution in [0.4, 0.5) is 18.9 Å². The van der Waals surface area contributed by atoms with Crippen molar-refractivity contribution in [2.24, 2.45) is 0 Å². The van der Waals surface area contributed by atoms with Crippen molar-refractivity contribution < 1.29 is 18.0 Å². The predicted octanol–water partition coefficient (Wildman–Crippen LogP) is 3.25. The van der Waals surface area contributed by atoms with Crippen molar-refractivity contribution in [2.75, 3.05) is 25.5 Å². The minimum absolute atomic E-state index is 0.0920. The van der Waals surface area contributed by atoms with Crippen molar-refractivity contribution in [1.29, 1.82) is 0 Å². The van der Waals surface area contributed by atoms with Crippen molar-refractivity contribution in [1.82, 2.24) is 4.90 Å². The number of nitrogens with one attached hydrogen (secondary N) is 1. The van der Waals surface area contributed by atoms with Crippen molar-refractivity contribution in [3.8, 4) is 0 Å². The smallest absolute Gasteiger partial charge is 0.375 e. The highest BCUT2D eigenvalue weighted by molar-refractivity contribution is 6.33. The molecule has 1 aromatic carbocycles. The third-order valence-electron chi connectivity index (χ3n) is 2.62. The van der Waals surface area contributed by atoms with Crippen LogP contribution in [0.2, 0.25) is 5.02 Å². The van der Waals surface area contributed by atoms with E-state index >= 15 is 0 Å². The molecule has 3 nitrogen and oxygen atoms in total. The fraction of sp³-hybridized carbons (Fsp3) is 0.417. The van der Waals surface area contributed by atoms with Crippen LogP contribution in [0.5, 0.6) is 0 Å². The van der Waals surface area contributed by atoms with Crippen LogP contribution in [0.15, 0.2) is 18.2 Å². The molecule has 0 fully saturated rings. The number of rotatable bonds is 4. The van der Waals surface area contributed by atoms with Gasteiger partial charge in [-0.2, -0.15) is 13.2 Å². The van der Waals surface area contributed by atoms with Crippen molar-refractivity contribution >= 4 is 23.2 Å². The summed E-state index contributed by atoms with van der Waals surface area (Å²) in [5.41, 5.74) is -0.718. The molecule has 7 heteroatoms. The third-order valence-corrected chi connectivity index (χ3v) is 2.95. The average Bonchev–Trinajstić information content (AvgIpc) is 2.35. The largest absolute Gasteiger partial charge is 0.416 e. The van der Waals surface area contributed by atoms with Gasteiger partial charge in [0.25, 0.3) is 0 Å². The van der Waals surface area contributed by atoms with Gasteiger partial charge in [-0.15, -0.1) is 0 Å². The molecule has 1 N–H and O–H groups in total. The molecule has 0 heterocycles. The fourth-order valence-electron chi connectivity index (χ4n) is 1.32. The molecule has 0 aliphatic carbocycles. The van der Waals surface area contributed by atoms with Crippen LogP contribution in [0.3, 0.4) is 0 Å². The number of likely N-dealkylation sites (N-methyl/N-ethyl adjacent to an activating group) is 1. The SMILES string of the molecule is CCN(C)C(=O)CNc1cc(C(F)(F)F)ccc1Cl. The molecule has 1 aromatic rings. The van der Waals surface area contributed by atoms with Crippen molar-refractivity contribution in [3.05, 3.63) is 28.8 Å². The highest BCUT2D eigenvalue weighted by Gasteiger charge is 2.30. The summed E-state index contributed by atoms with van der Waals surface area (Å²) in [7, 11) is 1.61. The first-order valence-electron chi connectivity index (χ1n) is 5.60. The quantitative estimate of drug-likeness (QED) is 0.924. The minimum Gasteiger partial charge on any atom is -0.375 e. The van der Waals surface area contributed by atoms with E-state index in [1.165, 1.54) is 4.90 Å². The van der Waals surface area contributed by atoms with Gasteiger partial charge in [-0.25, -0.2) is 0 Å². The highest BCUT2D eigenvalue weighted by atomic mass is 35.5. The summed E-state index contributed by atoms with van der Waals surface area (Å²) in [6, 6.07) is 2.94. The molecule has 0 bridgehead atoms. The maximum Gasteiger partial charge on any atom is 0.416 e. The molecular weight excluding hydrogens is 281 g/mol. The summed E-state index contributed by atoms with van der Waals surface area (Å²) in [5.74, 6) is -0.226. The van der Waals surface area contributed by atoms with Crippen LogP contribution in [-0.4, -0.2) is 30.9 Å². The summed E-state index contributed by atoms with van der Waals surface area (Å²) in [6.07, 6.45) is -4.44. The number of hydrogen-bond acceptors (Lipinski definition) is 2. The summed E-state index contributed by atoms with van der Waals surface area (Å²) in [6.45, 7) is 2.22. The van der Waals surface area contributed by atoms with E-state index in [0.717, 1.165) is 18.2 Å². The zero-order chi connectivity index (χ0) is 14.6. The van der Waals surface area contributed by atoms with Crippen LogP contribution in [-0.2, 0) is 11.0 Å². The molecule has 0 aliphatic rings. The van der Waals surface area contributed by atoms with Gasteiger partial charge in [0.05, 0.1) is 22.8 Å². The molecule has 0 saturated carbocycles. The number of halogens is 4. The number of benzene rings is 1. The molecule has 0 radical (unpaired) electrons. The zero-order valence-electron chi connectivity index (χ0n) is 10.5. The van der Waals surface area contributed by atoms with Crippen molar-refractivity contribution in [3.63, 3.8) is 0 Å². The van der Waals surface area contributed by atoms with E-state index in [0.29, 0.717) is 6.54 Å². The van der Waals surface area contributed by atoms with Gasteiger partial charge >= 0.3 is 6.18 Å². The number of anilines is 1. The van der Waals surface area contributed by atoms with Gasteiger partial charge in [-0.05, 0) is 25.1 Å². The number of carbonyl (C=O) groups excluding carboxylic acids is 1. The lowest BCUT2D eigenvalue weighted by Crippen LogP contribution is -2.31. The topological polar surface area (TPSA) is 32.3 Å². The van der Waals surface area contributed by atoms with E-state index in [9.17, 15) is 18.0 Å². The maximum atomic E-state index is 12.5. The first-order chi connectivity index (χ1) is 8.75. The molecule has 1 rings (SSSR count). The highest BCUT2D eigenvalue weighted by Crippen LogP contribution is 2.33.